The number of ether oxygens (including phenoxy) is 3. The van der Waals surface area contributed by atoms with Crippen molar-refractivity contribution in [1.29, 1.82) is 0 Å². The molecule has 0 radical (unpaired) electrons. The Hall–Kier alpha value is -1.79. The van der Waals surface area contributed by atoms with Crippen molar-refractivity contribution in [2.75, 3.05) is 33.4 Å². The Morgan fingerprint density at radius 1 is 1.18 bits per heavy atom. The Morgan fingerprint density at radius 3 is 2.54 bits per heavy atom. The van der Waals surface area contributed by atoms with Gasteiger partial charge in [0.15, 0.2) is 0 Å². The van der Waals surface area contributed by atoms with Gasteiger partial charge in [-0.1, -0.05) is 0 Å². The number of nitrogens with zero attached hydrogens (tertiary/aromatic N) is 1. The van der Waals surface area contributed by atoms with E-state index >= 15 is 0 Å². The van der Waals surface area contributed by atoms with Gasteiger partial charge in [0.2, 0.25) is 0 Å². The van der Waals surface area contributed by atoms with E-state index in [2.05, 4.69) is 19.2 Å². The third-order valence-electron chi connectivity index (χ3n) is 4.72. The van der Waals surface area contributed by atoms with Crippen LogP contribution in [0.3, 0.4) is 0 Å². The van der Waals surface area contributed by atoms with Crippen LogP contribution in [0.25, 0.3) is 0 Å². The van der Waals surface area contributed by atoms with Gasteiger partial charge in [0, 0.05) is 50.4 Å². The molecule has 1 aromatic rings. The summed E-state index contributed by atoms with van der Waals surface area (Å²) in [5.74, 6) is 1.34. The van der Waals surface area contributed by atoms with Crippen LogP contribution in [0.5, 0.6) is 11.5 Å². The number of amides is 1. The van der Waals surface area contributed by atoms with Gasteiger partial charge in [0.1, 0.15) is 11.5 Å². The molecule has 1 aliphatic heterocycles. The van der Waals surface area contributed by atoms with Crippen LogP contribution >= 0.6 is 0 Å². The SMILES string of the molecule is COCCCOc1cc(OC(C)C)cc(C(=O)N(C(C)C)[C@@H]2CCCNC2)c1. The first-order valence-electron chi connectivity index (χ1n) is 10.4. The summed E-state index contributed by atoms with van der Waals surface area (Å²) in [5, 5.41) is 3.41. The molecule has 6 nitrogen and oxygen atoms in total. The summed E-state index contributed by atoms with van der Waals surface area (Å²) in [4.78, 5) is 15.4. The highest BCUT2D eigenvalue weighted by atomic mass is 16.5. The summed E-state index contributed by atoms with van der Waals surface area (Å²) in [6.07, 6.45) is 2.93. The van der Waals surface area contributed by atoms with E-state index < -0.39 is 0 Å². The molecular formula is C22H36N2O4. The highest BCUT2D eigenvalue weighted by Crippen LogP contribution is 2.27. The van der Waals surface area contributed by atoms with Crippen LogP contribution in [0.1, 0.15) is 57.3 Å². The molecule has 6 heteroatoms. The monoisotopic (exact) mass is 392 g/mol. The minimum Gasteiger partial charge on any atom is -0.493 e. The number of benzene rings is 1. The Kier molecular flexibility index (Phi) is 9.06. The smallest absolute Gasteiger partial charge is 0.254 e. The first-order chi connectivity index (χ1) is 13.4. The molecule has 0 unspecified atom stereocenters. The Morgan fingerprint density at radius 2 is 1.93 bits per heavy atom. The van der Waals surface area contributed by atoms with Gasteiger partial charge in [-0.05, 0) is 59.2 Å². The third-order valence-corrected chi connectivity index (χ3v) is 4.72. The van der Waals surface area contributed by atoms with Crippen molar-refractivity contribution in [3.05, 3.63) is 23.8 Å². The molecule has 0 aliphatic carbocycles. The number of hydrogen-bond donors (Lipinski definition) is 1. The Balaban J connectivity index is 2.24. The number of piperidine rings is 1. The van der Waals surface area contributed by atoms with E-state index in [9.17, 15) is 4.79 Å². The minimum atomic E-state index is 0.0236. The van der Waals surface area contributed by atoms with E-state index in [1.807, 2.05) is 36.9 Å². The second-order valence-electron chi connectivity index (χ2n) is 7.86. The molecule has 0 spiro atoms. The first kappa shape index (κ1) is 22.5. The summed E-state index contributed by atoms with van der Waals surface area (Å²) < 4.78 is 16.8. The lowest BCUT2D eigenvalue weighted by atomic mass is 10.0. The van der Waals surface area contributed by atoms with Gasteiger partial charge in [0.25, 0.3) is 5.91 Å². The van der Waals surface area contributed by atoms with Crippen molar-refractivity contribution in [1.82, 2.24) is 10.2 Å². The molecule has 158 valence electrons. The largest absolute Gasteiger partial charge is 0.493 e. The van der Waals surface area contributed by atoms with Crippen molar-refractivity contribution >= 4 is 5.91 Å². The second kappa shape index (κ2) is 11.3. The van der Waals surface area contributed by atoms with Crippen molar-refractivity contribution in [3.63, 3.8) is 0 Å². The quantitative estimate of drug-likeness (QED) is 0.618. The first-order valence-corrected chi connectivity index (χ1v) is 10.4. The summed E-state index contributed by atoms with van der Waals surface area (Å²) in [6.45, 7) is 11.1. The van der Waals surface area contributed by atoms with Crippen LogP contribution in [0.15, 0.2) is 18.2 Å². The molecule has 1 N–H and O–H groups in total. The maximum absolute atomic E-state index is 13.4. The van der Waals surface area contributed by atoms with E-state index in [0.29, 0.717) is 30.3 Å². The number of rotatable bonds is 10. The number of hydrogen-bond acceptors (Lipinski definition) is 5. The van der Waals surface area contributed by atoms with Crippen LogP contribution in [-0.2, 0) is 4.74 Å². The Bertz CT molecular complexity index is 613. The fourth-order valence-electron chi connectivity index (χ4n) is 3.55. The lowest BCUT2D eigenvalue weighted by molar-refractivity contribution is 0.0572. The zero-order valence-corrected chi connectivity index (χ0v) is 18.0. The third kappa shape index (κ3) is 6.67. The maximum atomic E-state index is 13.4. The van der Waals surface area contributed by atoms with Crippen LogP contribution < -0.4 is 14.8 Å². The zero-order valence-electron chi connectivity index (χ0n) is 18.0. The predicted octanol–water partition coefficient (Wildman–Crippen LogP) is 3.49. The summed E-state index contributed by atoms with van der Waals surface area (Å²) >= 11 is 0. The van der Waals surface area contributed by atoms with Crippen molar-refractivity contribution in [3.8, 4) is 11.5 Å². The molecule has 2 rings (SSSR count). The molecular weight excluding hydrogens is 356 g/mol. The molecule has 1 atom stereocenters. The molecule has 28 heavy (non-hydrogen) atoms. The fraction of sp³-hybridized carbons (Fsp3) is 0.682. The molecule has 1 aliphatic rings. The zero-order chi connectivity index (χ0) is 20.5. The van der Waals surface area contributed by atoms with E-state index in [0.717, 1.165) is 32.4 Å². The Labute approximate surface area is 169 Å². The number of carbonyl (C=O) groups excluding carboxylic acids is 1. The highest BCUT2D eigenvalue weighted by Gasteiger charge is 2.29. The van der Waals surface area contributed by atoms with Gasteiger partial charge in [0.05, 0.1) is 12.7 Å². The van der Waals surface area contributed by atoms with E-state index in [4.69, 9.17) is 14.2 Å². The van der Waals surface area contributed by atoms with Crippen molar-refractivity contribution < 1.29 is 19.0 Å². The standard InChI is InChI=1S/C22H36N2O4/c1-16(2)24(19-8-6-9-23-15-19)22(25)18-12-20(27-11-7-10-26-5)14-21(13-18)28-17(3)4/h12-14,16-17,19,23H,6-11,15H2,1-5H3/t19-/m1/s1. The van der Waals surface area contributed by atoms with Crippen molar-refractivity contribution in [2.24, 2.45) is 0 Å². The second-order valence-corrected chi connectivity index (χ2v) is 7.86. The number of carbonyl (C=O) groups is 1. The molecule has 0 bridgehead atoms. The van der Waals surface area contributed by atoms with Crippen LogP contribution in [0.2, 0.25) is 0 Å². The van der Waals surface area contributed by atoms with E-state index in [1.165, 1.54) is 0 Å². The van der Waals surface area contributed by atoms with Gasteiger partial charge in [-0.3, -0.25) is 4.79 Å². The van der Waals surface area contributed by atoms with E-state index in [-0.39, 0.29) is 24.1 Å². The average molecular weight is 393 g/mol. The van der Waals surface area contributed by atoms with Crippen LogP contribution in [0, 0.1) is 0 Å². The predicted molar refractivity (Wildman–Crippen MR) is 111 cm³/mol. The normalized spacial score (nSPS) is 17.0. The fourth-order valence-corrected chi connectivity index (χ4v) is 3.55. The van der Waals surface area contributed by atoms with E-state index in [1.54, 1.807) is 7.11 Å². The molecule has 1 aromatic carbocycles. The molecule has 1 fully saturated rings. The van der Waals surface area contributed by atoms with Crippen LogP contribution in [0.4, 0.5) is 0 Å². The number of methoxy groups -OCH3 is 1. The molecule has 0 aromatic heterocycles. The average Bonchev–Trinajstić information content (AvgIpc) is 2.65. The maximum Gasteiger partial charge on any atom is 0.254 e. The molecule has 1 saturated heterocycles. The summed E-state index contributed by atoms with van der Waals surface area (Å²) in [5.41, 5.74) is 0.610. The topological polar surface area (TPSA) is 60.0 Å². The molecule has 0 saturated carbocycles. The summed E-state index contributed by atoms with van der Waals surface area (Å²) in [6, 6.07) is 5.84. The summed E-state index contributed by atoms with van der Waals surface area (Å²) in [7, 11) is 1.68. The molecule has 1 amide bonds. The van der Waals surface area contributed by atoms with Gasteiger partial charge in [-0.25, -0.2) is 0 Å². The van der Waals surface area contributed by atoms with Gasteiger partial charge in [-0.15, -0.1) is 0 Å². The van der Waals surface area contributed by atoms with Crippen molar-refractivity contribution in [2.45, 2.75) is 65.1 Å². The minimum absolute atomic E-state index is 0.0236. The number of nitrogens with one attached hydrogen (secondary N) is 1. The van der Waals surface area contributed by atoms with Gasteiger partial charge < -0.3 is 24.4 Å². The lowest BCUT2D eigenvalue weighted by Crippen LogP contribution is -2.51. The highest BCUT2D eigenvalue weighted by molar-refractivity contribution is 5.95. The van der Waals surface area contributed by atoms with Gasteiger partial charge in [-0.2, -0.15) is 0 Å². The lowest BCUT2D eigenvalue weighted by Gasteiger charge is -2.37. The molecule has 1 heterocycles. The van der Waals surface area contributed by atoms with Crippen LogP contribution in [-0.4, -0.2) is 62.4 Å². The van der Waals surface area contributed by atoms with Gasteiger partial charge >= 0.3 is 0 Å².